The van der Waals surface area contributed by atoms with E-state index in [2.05, 4.69) is 4.98 Å². The average molecular weight is 418 g/mol. The van der Waals surface area contributed by atoms with Gasteiger partial charge >= 0.3 is 0 Å². The number of nitrogens with zero attached hydrogens (tertiary/aromatic N) is 2. The van der Waals surface area contributed by atoms with E-state index in [1.54, 1.807) is 54.9 Å². The summed E-state index contributed by atoms with van der Waals surface area (Å²) in [7, 11) is 1.51. The number of ketones is 1. The third-order valence-corrected chi connectivity index (χ3v) is 5.18. The molecule has 1 atom stereocenters. The lowest BCUT2D eigenvalue weighted by atomic mass is 9.94. The standard InChI is InChI=1S/C24H19FN2O4/c1-31-17-10-8-16(9-11-17)22(28)20-21(18-6-2-3-7-19(18)25)27(24(30)23(20)29)14-15-5-4-12-26-13-15/h2-13,21,28H,14H2,1H3. The summed E-state index contributed by atoms with van der Waals surface area (Å²) in [5.41, 5.74) is 0.960. The van der Waals surface area contributed by atoms with Crippen molar-refractivity contribution in [3.05, 3.63) is 101 Å². The van der Waals surface area contributed by atoms with Gasteiger partial charge in [-0.05, 0) is 42.0 Å². The normalized spacial score (nSPS) is 17.7. The van der Waals surface area contributed by atoms with Crippen LogP contribution in [0.5, 0.6) is 5.75 Å². The van der Waals surface area contributed by atoms with Gasteiger partial charge in [-0.3, -0.25) is 14.6 Å². The van der Waals surface area contributed by atoms with Crippen LogP contribution in [0.1, 0.15) is 22.7 Å². The predicted molar refractivity (Wildman–Crippen MR) is 111 cm³/mol. The first kappa shape index (κ1) is 20.3. The molecule has 2 aromatic carbocycles. The molecule has 1 aliphatic heterocycles. The van der Waals surface area contributed by atoms with Crippen molar-refractivity contribution in [1.29, 1.82) is 0 Å². The van der Waals surface area contributed by atoms with Gasteiger partial charge in [0, 0.05) is 30.1 Å². The molecule has 1 saturated heterocycles. The lowest BCUT2D eigenvalue weighted by Crippen LogP contribution is -2.29. The molecule has 156 valence electrons. The number of likely N-dealkylation sites (tertiary alicyclic amines) is 1. The number of rotatable bonds is 5. The van der Waals surface area contributed by atoms with E-state index >= 15 is 0 Å². The Balaban J connectivity index is 1.86. The molecular formula is C24H19FN2O4. The third kappa shape index (κ3) is 3.77. The molecule has 4 rings (SSSR count). The summed E-state index contributed by atoms with van der Waals surface area (Å²) in [5, 5.41) is 11.0. The van der Waals surface area contributed by atoms with Crippen LogP contribution < -0.4 is 4.74 Å². The van der Waals surface area contributed by atoms with Gasteiger partial charge in [-0.2, -0.15) is 0 Å². The molecule has 1 aliphatic rings. The van der Waals surface area contributed by atoms with Crippen LogP contribution in [0.25, 0.3) is 5.76 Å². The Morgan fingerprint density at radius 1 is 1.10 bits per heavy atom. The fourth-order valence-electron chi connectivity index (χ4n) is 3.66. The number of amides is 1. The zero-order valence-corrected chi connectivity index (χ0v) is 16.7. The van der Waals surface area contributed by atoms with Gasteiger partial charge in [0.1, 0.15) is 17.3 Å². The highest BCUT2D eigenvalue weighted by Crippen LogP contribution is 2.41. The molecule has 1 aromatic heterocycles. The number of benzene rings is 2. The Hall–Kier alpha value is -4.00. The highest BCUT2D eigenvalue weighted by molar-refractivity contribution is 6.46. The van der Waals surface area contributed by atoms with Gasteiger partial charge < -0.3 is 14.7 Å². The minimum Gasteiger partial charge on any atom is -0.507 e. The molecule has 1 amide bonds. The van der Waals surface area contributed by atoms with Crippen molar-refractivity contribution < 1.29 is 23.8 Å². The minimum atomic E-state index is -1.08. The van der Waals surface area contributed by atoms with Crippen LogP contribution in [0, 0.1) is 5.82 Å². The highest BCUT2D eigenvalue weighted by Gasteiger charge is 2.46. The second-order valence-corrected chi connectivity index (χ2v) is 7.04. The zero-order chi connectivity index (χ0) is 22.0. The van der Waals surface area contributed by atoms with Gasteiger partial charge in [0.25, 0.3) is 11.7 Å². The number of hydrogen-bond acceptors (Lipinski definition) is 5. The number of aliphatic hydroxyl groups is 1. The fourth-order valence-corrected chi connectivity index (χ4v) is 3.66. The Labute approximate surface area is 178 Å². The highest BCUT2D eigenvalue weighted by atomic mass is 19.1. The monoisotopic (exact) mass is 418 g/mol. The molecule has 6 nitrogen and oxygen atoms in total. The maximum absolute atomic E-state index is 14.8. The molecule has 0 spiro atoms. The molecule has 0 bridgehead atoms. The van der Waals surface area contributed by atoms with E-state index in [4.69, 9.17) is 4.74 Å². The summed E-state index contributed by atoms with van der Waals surface area (Å²) < 4.78 is 19.9. The molecule has 2 heterocycles. The number of methoxy groups -OCH3 is 1. The van der Waals surface area contributed by atoms with E-state index in [1.165, 1.54) is 30.2 Å². The van der Waals surface area contributed by atoms with E-state index in [1.807, 2.05) is 0 Å². The zero-order valence-electron chi connectivity index (χ0n) is 16.7. The molecule has 3 aromatic rings. The van der Waals surface area contributed by atoms with Gasteiger partial charge in [0.05, 0.1) is 18.7 Å². The van der Waals surface area contributed by atoms with Crippen LogP contribution in [-0.2, 0) is 16.1 Å². The van der Waals surface area contributed by atoms with Gasteiger partial charge in [-0.15, -0.1) is 0 Å². The molecule has 1 fully saturated rings. The van der Waals surface area contributed by atoms with Crippen LogP contribution in [0.3, 0.4) is 0 Å². The van der Waals surface area contributed by atoms with E-state index < -0.39 is 23.5 Å². The number of pyridine rings is 1. The Morgan fingerprint density at radius 2 is 1.84 bits per heavy atom. The van der Waals surface area contributed by atoms with Crippen LogP contribution in [0.15, 0.2) is 78.6 Å². The average Bonchev–Trinajstić information content (AvgIpc) is 3.04. The van der Waals surface area contributed by atoms with Crippen LogP contribution >= 0.6 is 0 Å². The molecule has 7 heteroatoms. The lowest BCUT2D eigenvalue weighted by Gasteiger charge is -2.25. The molecule has 31 heavy (non-hydrogen) atoms. The number of halogens is 1. The number of carbonyl (C=O) groups excluding carboxylic acids is 2. The second kappa shape index (κ2) is 8.39. The van der Waals surface area contributed by atoms with Gasteiger partial charge in [-0.25, -0.2) is 4.39 Å². The van der Waals surface area contributed by atoms with Crippen molar-refractivity contribution in [3.63, 3.8) is 0 Å². The van der Waals surface area contributed by atoms with Crippen LogP contribution in [0.4, 0.5) is 4.39 Å². The smallest absolute Gasteiger partial charge is 0.295 e. The second-order valence-electron chi connectivity index (χ2n) is 7.04. The molecular weight excluding hydrogens is 399 g/mol. The first-order chi connectivity index (χ1) is 15.0. The van der Waals surface area contributed by atoms with Crippen molar-refractivity contribution in [2.45, 2.75) is 12.6 Å². The Kier molecular flexibility index (Phi) is 5.49. The summed E-state index contributed by atoms with van der Waals surface area (Å²) in [4.78, 5) is 31.2. The van der Waals surface area contributed by atoms with Gasteiger partial charge in [-0.1, -0.05) is 24.3 Å². The van der Waals surface area contributed by atoms with Gasteiger partial charge in [0.15, 0.2) is 0 Å². The molecule has 0 radical (unpaired) electrons. The van der Waals surface area contributed by atoms with Crippen molar-refractivity contribution >= 4 is 17.4 Å². The lowest BCUT2D eigenvalue weighted by molar-refractivity contribution is -0.140. The third-order valence-electron chi connectivity index (χ3n) is 5.18. The molecule has 0 saturated carbocycles. The molecule has 0 aliphatic carbocycles. The van der Waals surface area contributed by atoms with E-state index in [9.17, 15) is 19.1 Å². The van der Waals surface area contributed by atoms with Crippen LogP contribution in [-0.4, -0.2) is 33.8 Å². The van der Waals surface area contributed by atoms with Crippen LogP contribution in [0.2, 0.25) is 0 Å². The van der Waals surface area contributed by atoms with E-state index in [-0.39, 0.29) is 23.4 Å². The van der Waals surface area contributed by atoms with E-state index in [0.29, 0.717) is 16.9 Å². The number of aromatic nitrogens is 1. The largest absolute Gasteiger partial charge is 0.507 e. The first-order valence-corrected chi connectivity index (χ1v) is 9.57. The summed E-state index contributed by atoms with van der Waals surface area (Å²) in [5.74, 6) is -2.06. The number of Topliss-reactive ketones (excluding diaryl/α,β-unsaturated/α-hetero) is 1. The summed E-state index contributed by atoms with van der Waals surface area (Å²) in [6.07, 6.45) is 3.16. The summed E-state index contributed by atoms with van der Waals surface area (Å²) in [6.45, 7) is 0.0385. The quantitative estimate of drug-likeness (QED) is 0.387. The minimum absolute atomic E-state index is 0.0385. The Bertz CT molecular complexity index is 1160. The summed E-state index contributed by atoms with van der Waals surface area (Å²) in [6, 6.07) is 14.7. The van der Waals surface area contributed by atoms with Crippen molar-refractivity contribution in [3.8, 4) is 5.75 Å². The maximum Gasteiger partial charge on any atom is 0.295 e. The number of aliphatic hydroxyl groups excluding tert-OH is 1. The number of carbonyl (C=O) groups is 2. The number of ether oxygens (including phenoxy) is 1. The topological polar surface area (TPSA) is 79.7 Å². The SMILES string of the molecule is COc1ccc(C(O)=C2C(=O)C(=O)N(Cc3cccnc3)C2c2ccccc2F)cc1. The van der Waals surface area contributed by atoms with Gasteiger partial charge in [0.2, 0.25) is 0 Å². The maximum atomic E-state index is 14.8. The van der Waals surface area contributed by atoms with Crippen molar-refractivity contribution in [1.82, 2.24) is 9.88 Å². The summed E-state index contributed by atoms with van der Waals surface area (Å²) >= 11 is 0. The predicted octanol–water partition coefficient (Wildman–Crippen LogP) is 3.85. The van der Waals surface area contributed by atoms with Crippen molar-refractivity contribution in [2.24, 2.45) is 0 Å². The first-order valence-electron chi connectivity index (χ1n) is 9.57. The Morgan fingerprint density at radius 3 is 2.48 bits per heavy atom. The number of hydrogen-bond donors (Lipinski definition) is 1. The molecule has 1 unspecified atom stereocenters. The van der Waals surface area contributed by atoms with E-state index in [0.717, 1.165) is 0 Å². The van der Waals surface area contributed by atoms with Crippen molar-refractivity contribution in [2.75, 3.05) is 7.11 Å². The molecule has 1 N–H and O–H groups in total. The fraction of sp³-hybridized carbons (Fsp3) is 0.125.